The number of Topliss-reactive ketones (excluding diaryl/α,β-unsaturated/α-hetero) is 2. The van der Waals surface area contributed by atoms with Gasteiger partial charge in [-0.1, -0.05) is 0 Å². The molecule has 1 atom stereocenters. The third-order valence-electron chi connectivity index (χ3n) is 1.04. The van der Waals surface area contributed by atoms with Crippen LogP contribution in [0.25, 0.3) is 0 Å². The quantitative estimate of drug-likeness (QED) is 0.300. The summed E-state index contributed by atoms with van der Waals surface area (Å²) in [6, 6.07) is 0. The number of rotatable bonds is 3. The van der Waals surface area contributed by atoms with Gasteiger partial charge in [-0.2, -0.15) is 0 Å². The van der Waals surface area contributed by atoms with Crippen molar-refractivity contribution < 1.29 is 43.7 Å². The number of hydrogen-bond acceptors (Lipinski definition) is 5. The van der Waals surface area contributed by atoms with E-state index in [1.54, 1.807) is 0 Å². The summed E-state index contributed by atoms with van der Waals surface area (Å²) in [4.78, 5) is 42.7. The average Bonchev–Trinajstić information content (AvgIpc) is 2.00. The molecule has 0 aromatic heterocycles. The van der Waals surface area contributed by atoms with Crippen LogP contribution in [0.2, 0.25) is 4.31 Å². The zero-order valence-corrected chi connectivity index (χ0v) is 9.03. The van der Waals surface area contributed by atoms with Crippen molar-refractivity contribution in [2.24, 2.45) is 0 Å². The maximum atomic E-state index is 11.0. The summed E-state index contributed by atoms with van der Waals surface area (Å²) >= 11 is 1.21. The topological polar surface area (TPSA) is 77.5 Å². The van der Waals surface area contributed by atoms with Gasteiger partial charge in [0, 0.05) is 0 Å². The van der Waals surface area contributed by atoms with Crippen molar-refractivity contribution in [1.82, 2.24) is 0 Å². The van der Waals surface area contributed by atoms with E-state index in [9.17, 15) is 19.2 Å². The van der Waals surface area contributed by atoms with Gasteiger partial charge in [0.05, 0.1) is 0 Å². The molecule has 0 saturated carbocycles. The molecule has 0 fully saturated rings. The number of carbonyl (C=O) groups excluding carboxylic acids is 4. The van der Waals surface area contributed by atoms with E-state index in [4.69, 9.17) is 0 Å². The van der Waals surface area contributed by atoms with Crippen LogP contribution in [-0.4, -0.2) is 23.5 Å². The number of carbonyl (C=O) groups is 4. The molecule has 6 heteroatoms. The molecule has 0 radical (unpaired) electrons. The summed E-state index contributed by atoms with van der Waals surface area (Å²) in [7, 11) is 0. The van der Waals surface area contributed by atoms with Gasteiger partial charge >= 0.3 is 85.4 Å². The van der Waals surface area contributed by atoms with Crippen LogP contribution in [0.5, 0.6) is 0 Å². The molecule has 0 aromatic rings. The van der Waals surface area contributed by atoms with E-state index in [1.807, 2.05) is 0 Å². The average molecular weight is 267 g/mol. The Hall–Kier alpha value is -0.832. The van der Waals surface area contributed by atoms with Gasteiger partial charge in [-0.15, -0.1) is 0 Å². The number of ether oxygens (including phenoxy) is 1. The Morgan fingerprint density at radius 3 is 1.92 bits per heavy atom. The van der Waals surface area contributed by atoms with E-state index in [2.05, 4.69) is 4.74 Å². The second-order valence-electron chi connectivity index (χ2n) is 2.24. The Labute approximate surface area is 85.7 Å². The zero-order chi connectivity index (χ0) is 10.6. The van der Waals surface area contributed by atoms with Crippen LogP contribution in [0.3, 0.4) is 0 Å². The number of ketones is 2. The zero-order valence-electron chi connectivity index (χ0n) is 7.03. The molecular formula is C7H7MoO5. The Kier molecular flexibility index (Phi) is 4.70. The summed E-state index contributed by atoms with van der Waals surface area (Å²) in [5.41, 5.74) is 0. The van der Waals surface area contributed by atoms with E-state index >= 15 is 0 Å². The van der Waals surface area contributed by atoms with Crippen molar-refractivity contribution in [2.75, 3.05) is 0 Å². The molecule has 0 bridgehead atoms. The SMILES string of the molecule is CC(=O)OC(=O)C(=O)[CH]([Mo])C(C)=O. The molecule has 0 aliphatic rings. The Morgan fingerprint density at radius 1 is 1.15 bits per heavy atom. The first kappa shape index (κ1) is 12.2. The molecule has 0 amide bonds. The third-order valence-corrected chi connectivity index (χ3v) is 2.39. The van der Waals surface area contributed by atoms with Crippen LogP contribution in [0.15, 0.2) is 0 Å². The first-order valence-electron chi connectivity index (χ1n) is 3.29. The fourth-order valence-corrected chi connectivity index (χ4v) is 0.709. The van der Waals surface area contributed by atoms with Gasteiger partial charge in [0.1, 0.15) is 0 Å². The van der Waals surface area contributed by atoms with Crippen LogP contribution in [0.4, 0.5) is 0 Å². The molecule has 0 heterocycles. The van der Waals surface area contributed by atoms with Gasteiger partial charge < -0.3 is 0 Å². The second kappa shape index (κ2) is 5.02. The molecule has 1 unspecified atom stereocenters. The predicted octanol–water partition coefficient (Wildman–Crippen LogP) is -0.431. The van der Waals surface area contributed by atoms with Crippen molar-refractivity contribution in [3.63, 3.8) is 0 Å². The molecule has 0 aliphatic heterocycles. The van der Waals surface area contributed by atoms with Crippen molar-refractivity contribution in [3.05, 3.63) is 0 Å². The third kappa shape index (κ3) is 4.08. The summed E-state index contributed by atoms with van der Waals surface area (Å²) in [5, 5.41) is 0. The summed E-state index contributed by atoms with van der Waals surface area (Å²) < 4.78 is 2.97. The van der Waals surface area contributed by atoms with Crippen LogP contribution >= 0.6 is 0 Å². The van der Waals surface area contributed by atoms with E-state index in [-0.39, 0.29) is 0 Å². The molecule has 0 spiro atoms. The Bertz CT molecular complexity index is 270. The van der Waals surface area contributed by atoms with Gasteiger partial charge in [0.2, 0.25) is 0 Å². The minimum absolute atomic E-state index is 0.435. The summed E-state index contributed by atoms with van der Waals surface area (Å²) in [6.45, 7) is 2.19. The first-order chi connectivity index (χ1) is 5.86. The standard InChI is InChI=1S/C7H7O5.Mo/c1-4(8)3-6(10)7(11)12-5(2)9;/h3H,1-2H3;. The summed E-state index contributed by atoms with van der Waals surface area (Å²) in [6.07, 6.45) is 0. The molecule has 5 nitrogen and oxygen atoms in total. The number of hydrogen-bond donors (Lipinski definition) is 0. The second-order valence-corrected chi connectivity index (χ2v) is 3.39. The predicted molar refractivity (Wildman–Crippen MR) is 36.2 cm³/mol. The van der Waals surface area contributed by atoms with Crippen LogP contribution in [0, 0.1) is 0 Å². The van der Waals surface area contributed by atoms with Crippen LogP contribution in [-0.2, 0) is 43.7 Å². The molecular weight excluding hydrogens is 260 g/mol. The van der Waals surface area contributed by atoms with E-state index in [1.165, 1.54) is 26.7 Å². The number of esters is 2. The molecule has 0 saturated heterocycles. The van der Waals surface area contributed by atoms with Gasteiger partial charge in [-0.3, -0.25) is 0 Å². The van der Waals surface area contributed by atoms with Gasteiger partial charge in [-0.05, 0) is 0 Å². The van der Waals surface area contributed by atoms with Gasteiger partial charge in [0.15, 0.2) is 0 Å². The van der Waals surface area contributed by atoms with Crippen LogP contribution in [0.1, 0.15) is 13.8 Å². The molecule has 0 aliphatic carbocycles. The van der Waals surface area contributed by atoms with Crippen molar-refractivity contribution in [1.29, 1.82) is 0 Å². The Balaban J connectivity index is 4.35. The van der Waals surface area contributed by atoms with E-state index < -0.39 is 27.8 Å². The van der Waals surface area contributed by atoms with E-state index in [0.717, 1.165) is 6.92 Å². The fraction of sp³-hybridized carbons (Fsp3) is 0.429. The molecule has 13 heavy (non-hydrogen) atoms. The van der Waals surface area contributed by atoms with Gasteiger partial charge in [0.25, 0.3) is 0 Å². The minimum atomic E-state index is -1.28. The molecule has 0 rings (SSSR count). The van der Waals surface area contributed by atoms with Crippen molar-refractivity contribution in [3.8, 4) is 0 Å². The molecule has 71 valence electrons. The Morgan fingerprint density at radius 2 is 1.62 bits per heavy atom. The van der Waals surface area contributed by atoms with Gasteiger partial charge in [-0.25, -0.2) is 0 Å². The van der Waals surface area contributed by atoms with Crippen molar-refractivity contribution in [2.45, 2.75) is 18.2 Å². The monoisotopic (exact) mass is 269 g/mol. The van der Waals surface area contributed by atoms with E-state index in [0.29, 0.717) is 0 Å². The molecule has 0 aromatic carbocycles. The summed E-state index contributed by atoms with van der Waals surface area (Å²) in [5.74, 6) is -3.57. The molecule has 0 N–H and O–H groups in total. The van der Waals surface area contributed by atoms with Crippen molar-refractivity contribution >= 4 is 23.5 Å². The maximum absolute atomic E-state index is 11.0. The fourth-order valence-electron chi connectivity index (χ4n) is 0.472. The normalized spacial score (nSPS) is 11.5. The van der Waals surface area contributed by atoms with Crippen LogP contribution < -0.4 is 0 Å². The first-order valence-corrected chi connectivity index (χ1v) is 4.45.